The first-order valence-electron chi connectivity index (χ1n) is 11.5. The van der Waals surface area contributed by atoms with Crippen LogP contribution < -0.4 is 11.1 Å². The van der Waals surface area contributed by atoms with Gasteiger partial charge in [-0.1, -0.05) is 30.9 Å². The summed E-state index contributed by atoms with van der Waals surface area (Å²) in [6.45, 7) is 1.15. The summed E-state index contributed by atoms with van der Waals surface area (Å²) in [5, 5.41) is 6.84. The Kier molecular flexibility index (Phi) is 5.68. The van der Waals surface area contributed by atoms with Crippen molar-refractivity contribution in [1.82, 2.24) is 14.7 Å². The lowest BCUT2D eigenvalue weighted by atomic mass is 9.83. The second kappa shape index (κ2) is 8.52. The molecular formula is C23H27ClFN5O3. The van der Waals surface area contributed by atoms with Crippen LogP contribution in [0.4, 0.5) is 20.7 Å². The van der Waals surface area contributed by atoms with Gasteiger partial charge < -0.3 is 15.4 Å². The number of carbonyl (C=O) groups excluding carboxylic acids is 2. The molecule has 3 heterocycles. The van der Waals surface area contributed by atoms with E-state index in [-0.39, 0.29) is 23.0 Å². The number of fused-ring (bicyclic) bond motifs is 2. The summed E-state index contributed by atoms with van der Waals surface area (Å²) in [7, 11) is 0. The van der Waals surface area contributed by atoms with Gasteiger partial charge in [0.25, 0.3) is 5.91 Å². The highest BCUT2D eigenvalue weighted by Crippen LogP contribution is 2.45. The van der Waals surface area contributed by atoms with Crippen molar-refractivity contribution < 1.29 is 18.7 Å². The molecule has 1 saturated carbocycles. The van der Waals surface area contributed by atoms with E-state index in [0.717, 1.165) is 12.8 Å². The number of hydrogen-bond donors (Lipinski definition) is 2. The Labute approximate surface area is 196 Å². The molecule has 2 amide bonds. The number of aromatic nitrogens is 2. The molecule has 1 aromatic carbocycles. The summed E-state index contributed by atoms with van der Waals surface area (Å²) in [6.07, 6.45) is 7.70. The smallest absolute Gasteiger partial charge is 0.412 e. The molecule has 0 radical (unpaired) electrons. The number of anilines is 2. The molecule has 1 aromatic heterocycles. The van der Waals surface area contributed by atoms with E-state index >= 15 is 4.39 Å². The van der Waals surface area contributed by atoms with Crippen LogP contribution in [0.5, 0.6) is 0 Å². The molecule has 1 saturated heterocycles. The number of rotatable bonds is 3. The summed E-state index contributed by atoms with van der Waals surface area (Å²) < 4.78 is 22.4. The standard InChI is InChI=1S/C23H27ClFN5O3/c24-16-7-8-17-18(19(16)25)23(33-22(32)28-17)9-4-10-29(13-23)21(31)15-11-27-30(20(15)26)12-14-5-2-1-3-6-14/h7-8,11,14H,1-6,9-10,12-13,26H2,(H,28,32)/t23-/m0/s1. The van der Waals surface area contributed by atoms with Crippen molar-refractivity contribution in [1.29, 1.82) is 0 Å². The molecule has 3 aliphatic rings. The molecule has 10 heteroatoms. The van der Waals surface area contributed by atoms with Crippen molar-refractivity contribution in [3.63, 3.8) is 0 Å². The highest BCUT2D eigenvalue weighted by atomic mass is 35.5. The van der Waals surface area contributed by atoms with Crippen molar-refractivity contribution in [2.75, 3.05) is 24.1 Å². The predicted octanol–water partition coefficient (Wildman–Crippen LogP) is 4.53. The fourth-order valence-electron chi connectivity index (χ4n) is 5.44. The number of nitrogens with zero attached hydrogens (tertiary/aromatic N) is 3. The molecule has 1 atom stereocenters. The van der Waals surface area contributed by atoms with Gasteiger partial charge in [0.1, 0.15) is 11.4 Å². The molecule has 33 heavy (non-hydrogen) atoms. The van der Waals surface area contributed by atoms with Crippen LogP contribution in [0.3, 0.4) is 0 Å². The van der Waals surface area contributed by atoms with Gasteiger partial charge in [0.05, 0.1) is 29.0 Å². The van der Waals surface area contributed by atoms with Gasteiger partial charge in [-0.25, -0.2) is 13.9 Å². The topological polar surface area (TPSA) is 102 Å². The Balaban J connectivity index is 1.41. The minimum absolute atomic E-state index is 0.0107. The Morgan fingerprint density at radius 3 is 2.88 bits per heavy atom. The van der Waals surface area contributed by atoms with Gasteiger partial charge >= 0.3 is 6.09 Å². The van der Waals surface area contributed by atoms with Crippen molar-refractivity contribution in [2.24, 2.45) is 5.92 Å². The molecular weight excluding hydrogens is 449 g/mol. The first-order valence-corrected chi connectivity index (χ1v) is 11.8. The minimum atomic E-state index is -1.31. The van der Waals surface area contributed by atoms with Gasteiger partial charge in [-0.15, -0.1) is 0 Å². The Morgan fingerprint density at radius 1 is 1.30 bits per heavy atom. The lowest BCUT2D eigenvalue weighted by Crippen LogP contribution is -2.53. The van der Waals surface area contributed by atoms with Crippen molar-refractivity contribution in [3.05, 3.63) is 40.3 Å². The van der Waals surface area contributed by atoms with Crippen LogP contribution in [-0.4, -0.2) is 39.8 Å². The van der Waals surface area contributed by atoms with Crippen molar-refractivity contribution >= 4 is 35.1 Å². The molecule has 2 fully saturated rings. The quantitative estimate of drug-likeness (QED) is 0.678. The number of carbonyl (C=O) groups is 2. The average molecular weight is 476 g/mol. The van der Waals surface area contributed by atoms with Gasteiger partial charge in [0.15, 0.2) is 11.4 Å². The molecule has 3 N–H and O–H groups in total. The Bertz CT molecular complexity index is 1100. The van der Waals surface area contributed by atoms with Crippen LogP contribution in [0.1, 0.15) is 60.9 Å². The highest BCUT2D eigenvalue weighted by molar-refractivity contribution is 6.31. The number of nitrogen functional groups attached to an aromatic ring is 1. The van der Waals surface area contributed by atoms with E-state index in [9.17, 15) is 9.59 Å². The van der Waals surface area contributed by atoms with E-state index in [1.165, 1.54) is 31.5 Å². The Hall–Kier alpha value is -2.81. The lowest BCUT2D eigenvalue weighted by molar-refractivity contribution is -0.0418. The SMILES string of the molecule is Nc1c(C(=O)N2CCC[C@@]3(C2)OC(=O)Nc2ccc(Cl)c(F)c23)cnn1CC1CCCCC1. The van der Waals surface area contributed by atoms with Crippen LogP contribution in [0.2, 0.25) is 5.02 Å². The molecule has 8 nitrogen and oxygen atoms in total. The molecule has 176 valence electrons. The van der Waals surface area contributed by atoms with Gasteiger partial charge in [-0.05, 0) is 43.7 Å². The third kappa shape index (κ3) is 3.92. The maximum atomic E-state index is 15.1. The number of likely N-dealkylation sites (tertiary alicyclic amines) is 1. The van der Waals surface area contributed by atoms with Gasteiger partial charge in [0.2, 0.25) is 0 Å². The highest BCUT2D eigenvalue weighted by Gasteiger charge is 2.48. The first-order chi connectivity index (χ1) is 15.9. The fraction of sp³-hybridized carbons (Fsp3) is 0.522. The summed E-state index contributed by atoms with van der Waals surface area (Å²) in [6, 6.07) is 2.94. The fourth-order valence-corrected chi connectivity index (χ4v) is 5.59. The number of piperidine rings is 1. The van der Waals surface area contributed by atoms with Crippen LogP contribution in [0.15, 0.2) is 18.3 Å². The third-order valence-corrected chi connectivity index (χ3v) is 7.38. The van der Waals surface area contributed by atoms with Gasteiger partial charge in [0, 0.05) is 13.1 Å². The van der Waals surface area contributed by atoms with E-state index in [2.05, 4.69) is 10.4 Å². The number of nitrogens with two attached hydrogens (primary N) is 1. The lowest BCUT2D eigenvalue weighted by Gasteiger charge is -2.45. The maximum absolute atomic E-state index is 15.1. The van der Waals surface area contributed by atoms with E-state index in [1.807, 2.05) is 0 Å². The van der Waals surface area contributed by atoms with Crippen LogP contribution in [-0.2, 0) is 16.9 Å². The van der Waals surface area contributed by atoms with Gasteiger partial charge in [-0.2, -0.15) is 5.10 Å². The molecule has 1 spiro atoms. The van der Waals surface area contributed by atoms with E-state index in [0.29, 0.717) is 48.9 Å². The number of ether oxygens (including phenoxy) is 1. The monoisotopic (exact) mass is 475 g/mol. The second-order valence-electron chi connectivity index (χ2n) is 9.25. The van der Waals surface area contributed by atoms with Crippen LogP contribution >= 0.6 is 11.6 Å². The van der Waals surface area contributed by atoms with Crippen molar-refractivity contribution in [3.8, 4) is 0 Å². The predicted molar refractivity (Wildman–Crippen MR) is 122 cm³/mol. The van der Waals surface area contributed by atoms with E-state index < -0.39 is 17.5 Å². The van der Waals surface area contributed by atoms with E-state index in [4.69, 9.17) is 22.1 Å². The summed E-state index contributed by atoms with van der Waals surface area (Å²) >= 11 is 6.03. The average Bonchev–Trinajstić information content (AvgIpc) is 3.16. The first kappa shape index (κ1) is 22.0. The molecule has 2 aliphatic heterocycles. The largest absolute Gasteiger partial charge is 0.436 e. The number of benzene rings is 1. The number of amides is 2. The summed E-state index contributed by atoms with van der Waals surface area (Å²) in [5.74, 6) is -0.106. The summed E-state index contributed by atoms with van der Waals surface area (Å²) in [4.78, 5) is 27.2. The van der Waals surface area contributed by atoms with Crippen LogP contribution in [0, 0.1) is 11.7 Å². The zero-order valence-electron chi connectivity index (χ0n) is 18.3. The minimum Gasteiger partial charge on any atom is -0.436 e. The van der Waals surface area contributed by atoms with E-state index in [1.54, 1.807) is 15.6 Å². The summed E-state index contributed by atoms with van der Waals surface area (Å²) in [5.41, 5.74) is 5.81. The van der Waals surface area contributed by atoms with Crippen molar-refractivity contribution in [2.45, 2.75) is 57.1 Å². The number of halogens is 2. The molecule has 0 bridgehead atoms. The zero-order chi connectivity index (χ0) is 23.2. The number of hydrogen-bond acceptors (Lipinski definition) is 5. The van der Waals surface area contributed by atoms with Crippen LogP contribution in [0.25, 0.3) is 0 Å². The number of nitrogens with one attached hydrogen (secondary N) is 1. The third-order valence-electron chi connectivity index (χ3n) is 7.08. The molecule has 2 aromatic rings. The zero-order valence-corrected chi connectivity index (χ0v) is 19.0. The molecule has 0 unspecified atom stereocenters. The van der Waals surface area contributed by atoms with Gasteiger partial charge in [-0.3, -0.25) is 10.1 Å². The molecule has 1 aliphatic carbocycles. The maximum Gasteiger partial charge on any atom is 0.412 e. The Morgan fingerprint density at radius 2 is 2.09 bits per heavy atom. The normalized spacial score (nSPS) is 23.2. The second-order valence-corrected chi connectivity index (χ2v) is 9.66. The molecule has 5 rings (SSSR count).